The summed E-state index contributed by atoms with van der Waals surface area (Å²) in [7, 11) is 1.76. The summed E-state index contributed by atoms with van der Waals surface area (Å²) in [6, 6.07) is 17.9. The van der Waals surface area contributed by atoms with Gasteiger partial charge in [-0.2, -0.15) is 5.10 Å². The van der Waals surface area contributed by atoms with E-state index in [1.807, 2.05) is 41.2 Å². The van der Waals surface area contributed by atoms with E-state index in [9.17, 15) is 4.79 Å². The number of hydrogen-bond donors (Lipinski definition) is 3. The van der Waals surface area contributed by atoms with Crippen LogP contribution in [-0.2, 0) is 17.6 Å². The smallest absolute Gasteiger partial charge is 0.255 e. The van der Waals surface area contributed by atoms with E-state index in [2.05, 4.69) is 45.0 Å². The first-order valence-electron chi connectivity index (χ1n) is 10.2. The maximum atomic E-state index is 10.8. The normalized spacial score (nSPS) is 11.2. The Bertz CT molecular complexity index is 966. The molecule has 2 aromatic carbocycles. The number of guanidine groups is 1. The van der Waals surface area contributed by atoms with Crippen LogP contribution in [0.3, 0.4) is 0 Å². The Morgan fingerprint density at radius 2 is 1.65 bits per heavy atom. The number of nitrogens with one attached hydrogen (secondary N) is 2. The zero-order chi connectivity index (χ0) is 21.9. The standard InChI is InChI=1S/C23H28N6O2/c1-25-23(27-15-12-19-5-9-21(10-6-19)31-17-22(24)30)26-14-11-18-3-7-20(8-4-18)29-16-2-13-28-29/h2-10,13,16H,11-12,14-15,17H2,1H3,(H2,24,30)(H2,25,26,27). The molecule has 8 heteroatoms. The van der Waals surface area contributed by atoms with Crippen LogP contribution < -0.4 is 21.1 Å². The van der Waals surface area contributed by atoms with Crippen molar-refractivity contribution < 1.29 is 9.53 Å². The molecule has 0 atom stereocenters. The number of nitrogens with zero attached hydrogens (tertiary/aromatic N) is 3. The van der Waals surface area contributed by atoms with Crippen LogP contribution in [0.5, 0.6) is 5.75 Å². The fraction of sp³-hybridized carbons (Fsp3) is 0.261. The van der Waals surface area contributed by atoms with Crippen molar-refractivity contribution in [3.8, 4) is 11.4 Å². The highest BCUT2D eigenvalue weighted by atomic mass is 16.5. The monoisotopic (exact) mass is 420 g/mol. The van der Waals surface area contributed by atoms with Gasteiger partial charge in [-0.15, -0.1) is 0 Å². The summed E-state index contributed by atoms with van der Waals surface area (Å²) in [6.07, 6.45) is 5.43. The molecule has 0 aliphatic rings. The second-order valence-electron chi connectivity index (χ2n) is 6.94. The number of benzene rings is 2. The molecule has 0 bridgehead atoms. The molecule has 0 saturated carbocycles. The summed E-state index contributed by atoms with van der Waals surface area (Å²) in [5, 5.41) is 10.9. The Balaban J connectivity index is 1.36. The van der Waals surface area contributed by atoms with Crippen molar-refractivity contribution in [1.29, 1.82) is 0 Å². The first kappa shape index (κ1) is 21.9. The zero-order valence-corrected chi connectivity index (χ0v) is 17.6. The maximum Gasteiger partial charge on any atom is 0.255 e. The Kier molecular flexibility index (Phi) is 8.05. The number of ether oxygens (including phenoxy) is 1. The molecule has 0 aliphatic heterocycles. The van der Waals surface area contributed by atoms with Crippen molar-refractivity contribution in [3.63, 3.8) is 0 Å². The molecule has 3 rings (SSSR count). The number of aromatic nitrogens is 2. The number of carbonyl (C=O) groups is 1. The van der Waals surface area contributed by atoms with E-state index in [0.29, 0.717) is 5.75 Å². The van der Waals surface area contributed by atoms with Crippen LogP contribution in [0.1, 0.15) is 11.1 Å². The largest absolute Gasteiger partial charge is 0.484 e. The lowest BCUT2D eigenvalue weighted by Crippen LogP contribution is -2.39. The van der Waals surface area contributed by atoms with Gasteiger partial charge < -0.3 is 21.1 Å². The van der Waals surface area contributed by atoms with Gasteiger partial charge in [-0.25, -0.2) is 4.68 Å². The summed E-state index contributed by atoms with van der Waals surface area (Å²) in [6.45, 7) is 1.42. The lowest BCUT2D eigenvalue weighted by Gasteiger charge is -2.12. The molecule has 1 aromatic heterocycles. The van der Waals surface area contributed by atoms with Gasteiger partial charge in [0.05, 0.1) is 5.69 Å². The van der Waals surface area contributed by atoms with Crippen molar-refractivity contribution in [2.45, 2.75) is 12.8 Å². The average Bonchev–Trinajstić information content (AvgIpc) is 3.33. The van der Waals surface area contributed by atoms with E-state index >= 15 is 0 Å². The van der Waals surface area contributed by atoms with Gasteiger partial charge in [0.15, 0.2) is 12.6 Å². The van der Waals surface area contributed by atoms with Gasteiger partial charge in [-0.05, 0) is 54.3 Å². The van der Waals surface area contributed by atoms with Gasteiger partial charge in [0, 0.05) is 32.5 Å². The molecule has 31 heavy (non-hydrogen) atoms. The Morgan fingerprint density at radius 1 is 1.03 bits per heavy atom. The van der Waals surface area contributed by atoms with Crippen molar-refractivity contribution in [2.75, 3.05) is 26.7 Å². The predicted molar refractivity (Wildman–Crippen MR) is 121 cm³/mol. The zero-order valence-electron chi connectivity index (χ0n) is 17.6. The first-order valence-corrected chi connectivity index (χ1v) is 10.2. The molecule has 0 fully saturated rings. The molecule has 4 N–H and O–H groups in total. The molecule has 1 amide bonds. The molecule has 3 aromatic rings. The number of amides is 1. The minimum absolute atomic E-state index is 0.114. The number of primary amides is 1. The second-order valence-corrected chi connectivity index (χ2v) is 6.94. The molecule has 0 unspecified atom stereocenters. The summed E-state index contributed by atoms with van der Waals surface area (Å²) in [4.78, 5) is 15.0. The lowest BCUT2D eigenvalue weighted by atomic mass is 10.1. The Labute approximate surface area is 182 Å². The van der Waals surface area contributed by atoms with Crippen molar-refractivity contribution in [2.24, 2.45) is 10.7 Å². The van der Waals surface area contributed by atoms with Crippen molar-refractivity contribution in [1.82, 2.24) is 20.4 Å². The Morgan fingerprint density at radius 3 is 2.16 bits per heavy atom. The van der Waals surface area contributed by atoms with Crippen LogP contribution in [-0.4, -0.2) is 48.4 Å². The summed E-state index contributed by atoms with van der Waals surface area (Å²) in [5.74, 6) is 0.915. The van der Waals surface area contributed by atoms with Crippen LogP contribution >= 0.6 is 0 Å². The fourth-order valence-electron chi connectivity index (χ4n) is 3.01. The highest BCUT2D eigenvalue weighted by Crippen LogP contribution is 2.12. The number of hydrogen-bond acceptors (Lipinski definition) is 4. The maximum absolute atomic E-state index is 10.8. The summed E-state index contributed by atoms with van der Waals surface area (Å²) in [5.41, 5.74) is 8.53. The third-order valence-electron chi connectivity index (χ3n) is 4.65. The van der Waals surface area contributed by atoms with Crippen LogP contribution in [0, 0.1) is 0 Å². The van der Waals surface area contributed by atoms with Gasteiger partial charge in [0.2, 0.25) is 0 Å². The third-order valence-corrected chi connectivity index (χ3v) is 4.65. The van der Waals surface area contributed by atoms with Gasteiger partial charge in [-0.1, -0.05) is 24.3 Å². The van der Waals surface area contributed by atoms with Crippen molar-refractivity contribution >= 4 is 11.9 Å². The van der Waals surface area contributed by atoms with E-state index in [1.54, 1.807) is 13.2 Å². The van der Waals surface area contributed by atoms with Crippen LogP contribution in [0.2, 0.25) is 0 Å². The van der Waals surface area contributed by atoms with Crippen LogP contribution in [0.15, 0.2) is 72.0 Å². The summed E-state index contributed by atoms with van der Waals surface area (Å²) >= 11 is 0. The highest BCUT2D eigenvalue weighted by Gasteiger charge is 2.02. The van der Waals surface area contributed by atoms with Crippen LogP contribution in [0.4, 0.5) is 0 Å². The van der Waals surface area contributed by atoms with E-state index in [1.165, 1.54) is 5.56 Å². The molecule has 8 nitrogen and oxygen atoms in total. The molecular weight excluding hydrogens is 392 g/mol. The van der Waals surface area contributed by atoms with Gasteiger partial charge in [0.25, 0.3) is 5.91 Å². The molecular formula is C23H28N6O2. The highest BCUT2D eigenvalue weighted by molar-refractivity contribution is 5.79. The van der Waals surface area contributed by atoms with E-state index in [-0.39, 0.29) is 6.61 Å². The molecule has 0 saturated heterocycles. The van der Waals surface area contributed by atoms with E-state index in [4.69, 9.17) is 10.5 Å². The minimum atomic E-state index is -0.488. The molecule has 1 heterocycles. The van der Waals surface area contributed by atoms with Crippen molar-refractivity contribution in [3.05, 3.63) is 78.1 Å². The quantitative estimate of drug-likeness (QED) is 0.342. The number of aliphatic imine (C=N–C) groups is 1. The minimum Gasteiger partial charge on any atom is -0.484 e. The number of nitrogens with two attached hydrogens (primary N) is 1. The van der Waals surface area contributed by atoms with E-state index < -0.39 is 5.91 Å². The van der Waals surface area contributed by atoms with Gasteiger partial charge >= 0.3 is 0 Å². The molecule has 162 valence electrons. The first-order chi connectivity index (χ1) is 15.1. The molecule has 0 aliphatic carbocycles. The predicted octanol–water partition coefficient (Wildman–Crippen LogP) is 1.69. The fourth-order valence-corrected chi connectivity index (χ4v) is 3.01. The summed E-state index contributed by atoms with van der Waals surface area (Å²) < 4.78 is 7.11. The SMILES string of the molecule is CN=C(NCCc1ccc(OCC(N)=O)cc1)NCCc1ccc(-n2cccn2)cc1. The lowest BCUT2D eigenvalue weighted by molar-refractivity contribution is -0.119. The second kappa shape index (κ2) is 11.4. The molecule has 0 spiro atoms. The average molecular weight is 421 g/mol. The van der Waals surface area contributed by atoms with E-state index in [0.717, 1.165) is 43.1 Å². The van der Waals surface area contributed by atoms with Gasteiger partial charge in [0.1, 0.15) is 5.75 Å². The number of carbonyl (C=O) groups excluding carboxylic acids is 1. The third kappa shape index (κ3) is 7.18. The topological polar surface area (TPSA) is 107 Å². The van der Waals surface area contributed by atoms with Gasteiger partial charge in [-0.3, -0.25) is 9.79 Å². The Hall–Kier alpha value is -3.81. The van der Waals surface area contributed by atoms with Crippen LogP contribution in [0.25, 0.3) is 5.69 Å². The molecule has 0 radical (unpaired) electrons. The number of rotatable bonds is 10.